The standard InChI is InChI=1S/C26H34FN5O/c1-18-4-5-20(21(16-18)31-14-10-26(6-7-26)11-15-31)23(33)29-22-17-19(2)28-24(30-22)32-12-8-25(3,27)9-13-32/h4-5,16-17H,6-15H2,1-3H3,(H,28,29,30,33). The zero-order valence-corrected chi connectivity index (χ0v) is 20.0. The summed E-state index contributed by atoms with van der Waals surface area (Å²) in [7, 11) is 0. The average Bonchev–Trinajstić information content (AvgIpc) is 3.52. The van der Waals surface area contributed by atoms with E-state index < -0.39 is 5.67 Å². The van der Waals surface area contributed by atoms with Gasteiger partial charge in [-0.15, -0.1) is 0 Å². The lowest BCUT2D eigenvalue weighted by molar-refractivity contribution is 0.102. The molecule has 5 rings (SSSR count). The third kappa shape index (κ3) is 4.82. The highest BCUT2D eigenvalue weighted by molar-refractivity contribution is 6.08. The van der Waals surface area contributed by atoms with Gasteiger partial charge in [0.1, 0.15) is 11.5 Å². The first-order valence-corrected chi connectivity index (χ1v) is 12.2. The van der Waals surface area contributed by atoms with Crippen molar-refractivity contribution in [1.29, 1.82) is 0 Å². The summed E-state index contributed by atoms with van der Waals surface area (Å²) in [5, 5.41) is 3.00. The minimum atomic E-state index is -1.13. The lowest BCUT2D eigenvalue weighted by Crippen LogP contribution is -2.41. The van der Waals surface area contributed by atoms with Gasteiger partial charge in [-0.3, -0.25) is 4.79 Å². The van der Waals surface area contributed by atoms with Gasteiger partial charge in [0, 0.05) is 43.6 Å². The molecule has 0 atom stereocenters. The number of carbonyl (C=O) groups is 1. The Balaban J connectivity index is 1.34. The van der Waals surface area contributed by atoms with Crippen molar-refractivity contribution in [3.05, 3.63) is 41.1 Å². The predicted octanol–water partition coefficient (Wildman–Crippen LogP) is 5.05. The normalized spacial score (nSPS) is 21.2. The number of aromatic nitrogens is 2. The van der Waals surface area contributed by atoms with Gasteiger partial charge in [0.2, 0.25) is 5.95 Å². The fourth-order valence-electron chi connectivity index (χ4n) is 5.11. The van der Waals surface area contributed by atoms with Crippen LogP contribution in [0.5, 0.6) is 0 Å². The van der Waals surface area contributed by atoms with Crippen LogP contribution in [0.4, 0.5) is 21.8 Å². The van der Waals surface area contributed by atoms with Crippen LogP contribution in [0, 0.1) is 19.3 Å². The van der Waals surface area contributed by atoms with Crippen molar-refractivity contribution < 1.29 is 9.18 Å². The molecule has 2 aliphatic heterocycles. The van der Waals surface area contributed by atoms with Crippen molar-refractivity contribution in [2.75, 3.05) is 41.3 Å². The van der Waals surface area contributed by atoms with Crippen molar-refractivity contribution in [3.8, 4) is 0 Å². The van der Waals surface area contributed by atoms with E-state index in [-0.39, 0.29) is 5.91 Å². The minimum absolute atomic E-state index is 0.157. The Kier molecular flexibility index (Phi) is 5.53. The maximum absolute atomic E-state index is 14.2. The van der Waals surface area contributed by atoms with Gasteiger partial charge in [-0.25, -0.2) is 9.37 Å². The molecular formula is C26H34FN5O. The molecule has 1 aromatic carbocycles. The molecule has 3 heterocycles. The lowest BCUT2D eigenvalue weighted by atomic mass is 9.92. The van der Waals surface area contributed by atoms with Crippen molar-refractivity contribution in [3.63, 3.8) is 0 Å². The molecule has 2 aromatic rings. The van der Waals surface area contributed by atoms with Crippen LogP contribution in [0.2, 0.25) is 0 Å². The number of aryl methyl sites for hydroxylation is 2. The number of halogens is 1. The number of nitrogens with zero attached hydrogens (tertiary/aromatic N) is 4. The van der Waals surface area contributed by atoms with E-state index >= 15 is 0 Å². The van der Waals surface area contributed by atoms with Gasteiger partial charge in [0.05, 0.1) is 5.56 Å². The molecule has 176 valence electrons. The first kappa shape index (κ1) is 22.1. The molecule has 33 heavy (non-hydrogen) atoms. The Hall–Kier alpha value is -2.70. The van der Waals surface area contributed by atoms with Gasteiger partial charge in [-0.05, 0) is 82.4 Å². The maximum atomic E-state index is 14.2. The minimum Gasteiger partial charge on any atom is -0.371 e. The molecule has 1 spiro atoms. The number of rotatable bonds is 4. The summed E-state index contributed by atoms with van der Waals surface area (Å²) in [4.78, 5) is 26.9. The molecule has 1 saturated carbocycles. The van der Waals surface area contributed by atoms with Gasteiger partial charge < -0.3 is 15.1 Å². The predicted molar refractivity (Wildman–Crippen MR) is 130 cm³/mol. The molecule has 0 radical (unpaired) electrons. The summed E-state index contributed by atoms with van der Waals surface area (Å²) < 4.78 is 14.2. The zero-order chi connectivity index (χ0) is 23.2. The van der Waals surface area contributed by atoms with Crippen LogP contribution in [0.25, 0.3) is 0 Å². The van der Waals surface area contributed by atoms with Crippen molar-refractivity contribution >= 4 is 23.4 Å². The number of anilines is 3. The second-order valence-electron chi connectivity index (χ2n) is 10.6. The van der Waals surface area contributed by atoms with Gasteiger partial charge in [0.15, 0.2) is 0 Å². The number of hydrogen-bond acceptors (Lipinski definition) is 5. The third-order valence-electron chi connectivity index (χ3n) is 7.69. The topological polar surface area (TPSA) is 61.4 Å². The number of alkyl halides is 1. The number of hydrogen-bond donors (Lipinski definition) is 1. The Morgan fingerprint density at radius 1 is 0.939 bits per heavy atom. The highest BCUT2D eigenvalue weighted by atomic mass is 19.1. The van der Waals surface area contributed by atoms with Crippen molar-refractivity contribution in [2.45, 2.75) is 65.0 Å². The van der Waals surface area contributed by atoms with Crippen LogP contribution >= 0.6 is 0 Å². The Morgan fingerprint density at radius 2 is 1.61 bits per heavy atom. The number of amides is 1. The van der Waals surface area contributed by atoms with Crippen LogP contribution in [0.1, 0.15) is 67.1 Å². The monoisotopic (exact) mass is 451 g/mol. The number of benzene rings is 1. The second kappa shape index (κ2) is 8.26. The quantitative estimate of drug-likeness (QED) is 0.705. The van der Waals surface area contributed by atoms with E-state index in [0.29, 0.717) is 48.7 Å². The van der Waals surface area contributed by atoms with Gasteiger partial charge in [-0.2, -0.15) is 4.98 Å². The van der Waals surface area contributed by atoms with E-state index in [9.17, 15) is 9.18 Å². The smallest absolute Gasteiger partial charge is 0.258 e. The summed E-state index contributed by atoms with van der Waals surface area (Å²) in [6, 6.07) is 7.82. The summed E-state index contributed by atoms with van der Waals surface area (Å²) in [6.45, 7) is 8.76. The molecule has 1 aromatic heterocycles. The van der Waals surface area contributed by atoms with Crippen LogP contribution in [-0.4, -0.2) is 47.7 Å². The van der Waals surface area contributed by atoms with Crippen molar-refractivity contribution in [2.24, 2.45) is 5.41 Å². The first-order valence-electron chi connectivity index (χ1n) is 12.2. The Bertz CT molecular complexity index is 1040. The molecule has 1 N–H and O–H groups in total. The molecule has 0 unspecified atom stereocenters. The van der Waals surface area contributed by atoms with E-state index in [2.05, 4.69) is 33.2 Å². The van der Waals surface area contributed by atoms with Gasteiger partial charge >= 0.3 is 0 Å². The van der Waals surface area contributed by atoms with Crippen molar-refractivity contribution in [1.82, 2.24) is 9.97 Å². The largest absolute Gasteiger partial charge is 0.371 e. The summed E-state index contributed by atoms with van der Waals surface area (Å²) in [5.41, 5.74) is 3.07. The average molecular weight is 452 g/mol. The SMILES string of the molecule is Cc1ccc(C(=O)Nc2cc(C)nc(N3CCC(C)(F)CC3)n2)c(N2CCC3(CC2)CC3)c1. The zero-order valence-electron chi connectivity index (χ0n) is 20.0. The van der Waals surface area contributed by atoms with E-state index in [4.69, 9.17) is 0 Å². The molecule has 1 amide bonds. The molecule has 6 nitrogen and oxygen atoms in total. The Labute approximate surface area is 195 Å². The van der Waals surface area contributed by atoms with E-state index in [1.807, 2.05) is 24.0 Å². The molecular weight excluding hydrogens is 417 g/mol. The van der Waals surface area contributed by atoms with Crippen LogP contribution in [0.3, 0.4) is 0 Å². The van der Waals surface area contributed by atoms with Gasteiger partial charge in [-0.1, -0.05) is 6.07 Å². The highest BCUT2D eigenvalue weighted by Crippen LogP contribution is 2.54. The number of nitrogens with one attached hydrogen (secondary N) is 1. The fraction of sp³-hybridized carbons (Fsp3) is 0.577. The van der Waals surface area contributed by atoms with E-state index in [1.54, 1.807) is 13.0 Å². The lowest BCUT2D eigenvalue weighted by Gasteiger charge is -2.35. The highest BCUT2D eigenvalue weighted by Gasteiger charge is 2.44. The number of carbonyl (C=O) groups excluding carboxylic acids is 1. The molecule has 0 bridgehead atoms. The van der Waals surface area contributed by atoms with Crippen LogP contribution < -0.4 is 15.1 Å². The summed E-state index contributed by atoms with van der Waals surface area (Å²) >= 11 is 0. The first-order chi connectivity index (χ1) is 15.7. The van der Waals surface area contributed by atoms with E-state index in [0.717, 1.165) is 30.0 Å². The summed E-state index contributed by atoms with van der Waals surface area (Å²) in [5.74, 6) is 0.879. The molecule has 3 fully saturated rings. The number of piperidine rings is 2. The molecule has 2 saturated heterocycles. The Morgan fingerprint density at radius 3 is 2.27 bits per heavy atom. The van der Waals surface area contributed by atoms with Gasteiger partial charge in [0.25, 0.3) is 5.91 Å². The third-order valence-corrected chi connectivity index (χ3v) is 7.69. The summed E-state index contributed by atoms with van der Waals surface area (Å²) in [6.07, 6.45) is 6.05. The second-order valence-corrected chi connectivity index (χ2v) is 10.6. The molecule has 3 aliphatic rings. The van der Waals surface area contributed by atoms with E-state index in [1.165, 1.54) is 25.7 Å². The van der Waals surface area contributed by atoms with Crippen LogP contribution in [0.15, 0.2) is 24.3 Å². The van der Waals surface area contributed by atoms with Crippen LogP contribution in [-0.2, 0) is 0 Å². The fourth-order valence-corrected chi connectivity index (χ4v) is 5.11. The maximum Gasteiger partial charge on any atom is 0.258 e. The molecule has 7 heteroatoms. The molecule has 1 aliphatic carbocycles.